The minimum Gasteiger partial charge on any atom is -0.508 e. The fourth-order valence-electron chi connectivity index (χ4n) is 5.46. The maximum absolute atomic E-state index is 13.8. The summed E-state index contributed by atoms with van der Waals surface area (Å²) in [4.78, 5) is 27.3. The maximum atomic E-state index is 13.8. The molecule has 7 heteroatoms. The second kappa shape index (κ2) is 10.5. The normalized spacial score (nSPS) is 19.1. The van der Waals surface area contributed by atoms with E-state index in [1.165, 1.54) is 0 Å². The van der Waals surface area contributed by atoms with Crippen LogP contribution in [0.4, 0.5) is 5.69 Å². The summed E-state index contributed by atoms with van der Waals surface area (Å²) in [6.07, 6.45) is 0.856. The van der Waals surface area contributed by atoms with Gasteiger partial charge in [-0.3, -0.25) is 4.79 Å². The number of anilines is 1. The number of benzene rings is 3. The lowest BCUT2D eigenvalue weighted by atomic mass is 9.71. The summed E-state index contributed by atoms with van der Waals surface area (Å²) in [5.41, 5.74) is 11.1. The van der Waals surface area contributed by atoms with Crippen LogP contribution >= 0.6 is 0 Å². The molecule has 4 N–H and O–H groups in total. The molecule has 3 aromatic carbocycles. The highest BCUT2D eigenvalue weighted by atomic mass is 16.5. The summed E-state index contributed by atoms with van der Waals surface area (Å²) in [6.45, 7) is 1.81. The predicted octanol–water partition coefficient (Wildman–Crippen LogP) is 5.09. The van der Waals surface area contributed by atoms with Crippen molar-refractivity contribution in [2.24, 2.45) is 0 Å². The summed E-state index contributed by atoms with van der Waals surface area (Å²) in [6, 6.07) is 21.6. The number of allylic oxidation sites excluding steroid dienone is 3. The van der Waals surface area contributed by atoms with E-state index in [0.29, 0.717) is 40.1 Å². The van der Waals surface area contributed by atoms with Crippen molar-refractivity contribution >= 4 is 17.4 Å². The largest absolute Gasteiger partial charge is 0.508 e. The number of rotatable bonds is 6. The van der Waals surface area contributed by atoms with Crippen LogP contribution in [0.3, 0.4) is 0 Å². The van der Waals surface area contributed by atoms with Gasteiger partial charge in [0.1, 0.15) is 18.1 Å². The molecule has 0 radical (unpaired) electrons. The lowest BCUT2D eigenvalue weighted by molar-refractivity contribution is -0.140. The van der Waals surface area contributed by atoms with E-state index in [2.05, 4.69) is 5.32 Å². The molecule has 194 valence electrons. The van der Waals surface area contributed by atoms with Gasteiger partial charge in [0.05, 0.1) is 12.7 Å². The van der Waals surface area contributed by atoms with Crippen LogP contribution in [-0.2, 0) is 20.9 Å². The second-order valence-electron chi connectivity index (χ2n) is 9.63. The molecular weight excluding hydrogens is 480 g/mol. The number of nitrogens with one attached hydrogen (secondary N) is 1. The Kier molecular flexibility index (Phi) is 6.92. The van der Waals surface area contributed by atoms with E-state index in [9.17, 15) is 14.7 Å². The van der Waals surface area contributed by atoms with Crippen molar-refractivity contribution in [3.8, 4) is 11.5 Å². The number of hydrogen-bond donors (Lipinski definition) is 3. The Morgan fingerprint density at radius 3 is 2.58 bits per heavy atom. The molecular formula is C31H30N2O5. The average molecular weight is 511 g/mol. The minimum absolute atomic E-state index is 0.00474. The van der Waals surface area contributed by atoms with Gasteiger partial charge in [0.15, 0.2) is 5.78 Å². The van der Waals surface area contributed by atoms with Crippen molar-refractivity contribution in [3.63, 3.8) is 0 Å². The van der Waals surface area contributed by atoms with Crippen molar-refractivity contribution in [1.82, 2.24) is 5.32 Å². The number of aromatic hydroxyl groups is 1. The van der Waals surface area contributed by atoms with Gasteiger partial charge < -0.3 is 25.6 Å². The van der Waals surface area contributed by atoms with Crippen LogP contribution in [0.2, 0.25) is 0 Å². The smallest absolute Gasteiger partial charge is 0.337 e. The van der Waals surface area contributed by atoms with Gasteiger partial charge in [-0.25, -0.2) is 4.79 Å². The van der Waals surface area contributed by atoms with Crippen LogP contribution in [0.15, 0.2) is 95.3 Å². The van der Waals surface area contributed by atoms with Gasteiger partial charge in [0.2, 0.25) is 0 Å². The van der Waals surface area contributed by atoms with Gasteiger partial charge in [0, 0.05) is 46.5 Å². The molecule has 3 aromatic rings. The molecule has 7 nitrogen and oxygen atoms in total. The van der Waals surface area contributed by atoms with E-state index in [4.69, 9.17) is 15.2 Å². The number of methoxy groups -OCH3 is 1. The number of esters is 1. The van der Waals surface area contributed by atoms with Gasteiger partial charge in [-0.2, -0.15) is 0 Å². The fourth-order valence-corrected chi connectivity index (χ4v) is 5.46. The highest BCUT2D eigenvalue weighted by Gasteiger charge is 2.42. The average Bonchev–Trinajstić information content (AvgIpc) is 2.91. The van der Waals surface area contributed by atoms with Crippen molar-refractivity contribution < 1.29 is 24.2 Å². The molecule has 5 rings (SSSR count). The first-order valence-electron chi connectivity index (χ1n) is 12.5. The van der Waals surface area contributed by atoms with Crippen molar-refractivity contribution in [3.05, 3.63) is 112 Å². The van der Waals surface area contributed by atoms with Crippen LogP contribution in [0.25, 0.3) is 0 Å². The number of carbonyl (C=O) groups excluding carboxylic acids is 2. The van der Waals surface area contributed by atoms with E-state index in [0.717, 1.165) is 17.0 Å². The zero-order valence-electron chi connectivity index (χ0n) is 21.4. The third kappa shape index (κ3) is 4.75. The van der Waals surface area contributed by atoms with Crippen LogP contribution in [0, 0.1) is 0 Å². The standard InChI is InChI=1S/C31H30N2O5/c1-18-28(31(36)38-17-20-8-3-5-12-24(20)32)29(19-9-7-10-22(34)14-19)30-25(33-18)15-21(16-26(30)35)23-11-4-6-13-27(23)37-2/h3-14,21,29,33-34H,15-17,32H2,1-2H3/t21-,29-/m1/s1. The number of phenols is 1. The Hall–Kier alpha value is -4.52. The molecule has 0 spiro atoms. The summed E-state index contributed by atoms with van der Waals surface area (Å²) in [5, 5.41) is 13.6. The number of Topliss-reactive ketones (excluding diaryl/α,β-unsaturated/α-hetero) is 1. The zero-order valence-corrected chi connectivity index (χ0v) is 21.4. The van der Waals surface area contributed by atoms with Crippen LogP contribution in [-0.4, -0.2) is 24.0 Å². The monoisotopic (exact) mass is 510 g/mol. The quantitative estimate of drug-likeness (QED) is 0.313. The van der Waals surface area contributed by atoms with Crippen LogP contribution in [0.5, 0.6) is 11.5 Å². The fraction of sp³-hybridized carbons (Fsp3) is 0.226. The van der Waals surface area contributed by atoms with Crippen molar-refractivity contribution in [1.29, 1.82) is 0 Å². The molecule has 0 unspecified atom stereocenters. The molecule has 0 fully saturated rings. The molecule has 1 heterocycles. The summed E-state index contributed by atoms with van der Waals surface area (Å²) < 4.78 is 11.3. The van der Waals surface area contributed by atoms with E-state index < -0.39 is 11.9 Å². The Morgan fingerprint density at radius 1 is 1.05 bits per heavy atom. The molecule has 0 saturated carbocycles. The lowest BCUT2D eigenvalue weighted by Gasteiger charge is -2.37. The van der Waals surface area contributed by atoms with Crippen molar-refractivity contribution in [2.75, 3.05) is 12.8 Å². The number of nitrogen functional groups attached to an aromatic ring is 1. The lowest BCUT2D eigenvalue weighted by Crippen LogP contribution is -2.36. The summed E-state index contributed by atoms with van der Waals surface area (Å²) in [5.74, 6) is -0.555. The molecule has 2 aliphatic rings. The molecule has 0 saturated heterocycles. The molecule has 1 aliphatic carbocycles. The SMILES string of the molecule is COc1ccccc1[C@H]1CC(=O)C2=C(C1)NC(C)=C(C(=O)OCc1ccccc1N)[C@H]2c1cccc(O)c1. The maximum Gasteiger partial charge on any atom is 0.337 e. The molecule has 2 atom stereocenters. The number of hydrogen-bond acceptors (Lipinski definition) is 7. The van der Waals surface area contributed by atoms with E-state index in [1.807, 2.05) is 49.4 Å². The number of ether oxygens (including phenoxy) is 2. The van der Waals surface area contributed by atoms with Gasteiger partial charge in [-0.05, 0) is 48.7 Å². The van der Waals surface area contributed by atoms with E-state index in [1.54, 1.807) is 37.4 Å². The number of phenolic OH excluding ortho intramolecular Hbond substituents is 1. The van der Waals surface area contributed by atoms with E-state index in [-0.39, 0.29) is 30.5 Å². The third-order valence-corrected chi connectivity index (χ3v) is 7.24. The molecule has 1 aliphatic heterocycles. The Bertz CT molecular complexity index is 1470. The number of dihydropyridines is 1. The highest BCUT2D eigenvalue weighted by Crippen LogP contribution is 2.47. The molecule has 38 heavy (non-hydrogen) atoms. The number of para-hydroxylation sites is 2. The first-order chi connectivity index (χ1) is 18.4. The molecule has 0 aromatic heterocycles. The Labute approximate surface area is 221 Å². The topological polar surface area (TPSA) is 111 Å². The van der Waals surface area contributed by atoms with Gasteiger partial charge >= 0.3 is 5.97 Å². The predicted molar refractivity (Wildman–Crippen MR) is 144 cm³/mol. The van der Waals surface area contributed by atoms with Gasteiger partial charge in [-0.1, -0.05) is 48.5 Å². The first kappa shape index (κ1) is 25.1. The highest BCUT2D eigenvalue weighted by molar-refractivity contribution is 6.04. The minimum atomic E-state index is -0.676. The molecule has 0 bridgehead atoms. The first-order valence-corrected chi connectivity index (χ1v) is 12.5. The second-order valence-corrected chi connectivity index (χ2v) is 9.63. The van der Waals surface area contributed by atoms with E-state index >= 15 is 0 Å². The third-order valence-electron chi connectivity index (χ3n) is 7.24. The summed E-state index contributed by atoms with van der Waals surface area (Å²) >= 11 is 0. The summed E-state index contributed by atoms with van der Waals surface area (Å²) in [7, 11) is 1.62. The van der Waals surface area contributed by atoms with Gasteiger partial charge in [0.25, 0.3) is 0 Å². The molecule has 0 amide bonds. The number of nitrogens with two attached hydrogens (primary N) is 1. The van der Waals surface area contributed by atoms with Crippen molar-refractivity contribution in [2.45, 2.75) is 38.2 Å². The van der Waals surface area contributed by atoms with Crippen LogP contribution < -0.4 is 15.8 Å². The Morgan fingerprint density at radius 2 is 1.82 bits per heavy atom. The Balaban J connectivity index is 1.52. The zero-order chi connectivity index (χ0) is 26.8. The van der Waals surface area contributed by atoms with Gasteiger partial charge in [-0.15, -0.1) is 0 Å². The number of carbonyl (C=O) groups is 2. The number of ketones is 1. The van der Waals surface area contributed by atoms with Crippen LogP contribution in [0.1, 0.15) is 48.3 Å².